The fourth-order valence-electron chi connectivity index (χ4n) is 3.21. The molecule has 0 atom stereocenters. The smallest absolute Gasteiger partial charge is 0.342 e. The molecule has 0 aliphatic rings. The number of methoxy groups -OCH3 is 2. The third-order valence-corrected chi connectivity index (χ3v) is 8.53. The molecule has 0 saturated carbocycles. The lowest BCUT2D eigenvalue weighted by molar-refractivity contribution is -0.119. The minimum atomic E-state index is -3.82. The van der Waals surface area contributed by atoms with Gasteiger partial charge in [0.25, 0.3) is 15.9 Å². The van der Waals surface area contributed by atoms with E-state index in [9.17, 15) is 23.1 Å². The second-order valence-electron chi connectivity index (χ2n) is 7.50. The molecule has 14 heteroatoms. The van der Waals surface area contributed by atoms with Gasteiger partial charge in [0.2, 0.25) is 0 Å². The van der Waals surface area contributed by atoms with Gasteiger partial charge in [-0.3, -0.25) is 14.8 Å². The molecule has 4 aromatic rings. The number of ether oxygens (including phenoxy) is 3. The van der Waals surface area contributed by atoms with Crippen LogP contribution in [0.25, 0.3) is 11.3 Å². The fraction of sp³-hybridized carbons (Fsp3) is 0.125. The third kappa shape index (κ3) is 6.22. The first-order valence-electron chi connectivity index (χ1n) is 10.7. The van der Waals surface area contributed by atoms with E-state index in [1.807, 2.05) is 0 Å². The van der Waals surface area contributed by atoms with Gasteiger partial charge in [-0.15, -0.1) is 22.7 Å². The van der Waals surface area contributed by atoms with Crippen molar-refractivity contribution in [3.63, 3.8) is 0 Å². The van der Waals surface area contributed by atoms with Crippen LogP contribution in [0.15, 0.2) is 63.5 Å². The van der Waals surface area contributed by atoms with E-state index >= 15 is 0 Å². The van der Waals surface area contributed by atoms with Gasteiger partial charge < -0.3 is 19.3 Å². The van der Waals surface area contributed by atoms with Crippen molar-refractivity contribution in [1.82, 2.24) is 4.98 Å². The number of esters is 1. The number of thiophene rings is 1. The van der Waals surface area contributed by atoms with Crippen molar-refractivity contribution in [2.45, 2.75) is 4.21 Å². The van der Waals surface area contributed by atoms with Crippen LogP contribution < -0.4 is 19.5 Å². The number of rotatable bonds is 10. The quantitative estimate of drug-likeness (QED) is 0.236. The zero-order valence-corrected chi connectivity index (χ0v) is 22.4. The Hall–Kier alpha value is -4.14. The van der Waals surface area contributed by atoms with Crippen LogP contribution in [0.5, 0.6) is 17.2 Å². The molecule has 3 N–H and O–H groups in total. The Balaban J connectivity index is 1.33. The van der Waals surface area contributed by atoms with Gasteiger partial charge in [-0.25, -0.2) is 18.2 Å². The lowest BCUT2D eigenvalue weighted by Gasteiger charge is -2.10. The summed E-state index contributed by atoms with van der Waals surface area (Å²) in [6, 6.07) is 11.9. The van der Waals surface area contributed by atoms with Crippen molar-refractivity contribution in [2.24, 2.45) is 0 Å². The molecule has 0 fully saturated rings. The molecule has 11 nitrogen and oxygen atoms in total. The Morgan fingerprint density at radius 1 is 1.03 bits per heavy atom. The highest BCUT2D eigenvalue weighted by Gasteiger charge is 2.19. The molecule has 0 unspecified atom stereocenters. The predicted molar refractivity (Wildman–Crippen MR) is 143 cm³/mol. The molecule has 0 aliphatic carbocycles. The molecule has 0 saturated heterocycles. The number of sulfonamides is 1. The van der Waals surface area contributed by atoms with Crippen molar-refractivity contribution < 1.29 is 37.3 Å². The standard InChI is InChI=1S/C24H21N3O8S3/c1-33-19-8-5-14(10-20(19)34-2)17-13-37-24(25-17)26-21(29)12-35-23(30)16-7-6-15(11-18(16)28)27-38(31,32)22-4-3-9-36-22/h3-11,13,27-28H,12H2,1-2H3,(H,25,26,29). The highest BCUT2D eigenvalue weighted by molar-refractivity contribution is 7.94. The minimum Gasteiger partial charge on any atom is -0.507 e. The van der Waals surface area contributed by atoms with Gasteiger partial charge in [-0.05, 0) is 41.8 Å². The number of thiazole rings is 1. The van der Waals surface area contributed by atoms with Gasteiger partial charge in [0, 0.05) is 17.0 Å². The van der Waals surface area contributed by atoms with Crippen molar-refractivity contribution in [3.8, 4) is 28.5 Å². The normalized spacial score (nSPS) is 11.0. The summed E-state index contributed by atoms with van der Waals surface area (Å²) in [5, 5.41) is 16.4. The van der Waals surface area contributed by atoms with Crippen LogP contribution in [0.3, 0.4) is 0 Å². The third-order valence-electron chi connectivity index (χ3n) is 4.99. The second kappa shape index (κ2) is 11.5. The van der Waals surface area contributed by atoms with E-state index in [4.69, 9.17) is 14.2 Å². The predicted octanol–water partition coefficient (Wildman–Crippen LogP) is 4.19. The van der Waals surface area contributed by atoms with E-state index in [0.29, 0.717) is 22.3 Å². The largest absolute Gasteiger partial charge is 0.507 e. The summed E-state index contributed by atoms with van der Waals surface area (Å²) in [4.78, 5) is 29.0. The molecule has 0 aliphatic heterocycles. The molecular weight excluding hydrogens is 554 g/mol. The van der Waals surface area contributed by atoms with Gasteiger partial charge in [-0.2, -0.15) is 0 Å². The number of benzene rings is 2. The Kier molecular flexibility index (Phi) is 8.14. The van der Waals surface area contributed by atoms with Crippen molar-refractivity contribution >= 4 is 55.4 Å². The van der Waals surface area contributed by atoms with Crippen LogP contribution >= 0.6 is 22.7 Å². The number of hydrogen-bond acceptors (Lipinski definition) is 11. The number of phenols is 1. The van der Waals surface area contributed by atoms with E-state index in [1.54, 1.807) is 35.0 Å². The topological polar surface area (TPSA) is 153 Å². The van der Waals surface area contributed by atoms with Gasteiger partial charge >= 0.3 is 5.97 Å². The lowest BCUT2D eigenvalue weighted by atomic mass is 10.1. The van der Waals surface area contributed by atoms with E-state index in [1.165, 1.54) is 43.8 Å². The summed E-state index contributed by atoms with van der Waals surface area (Å²) in [6.07, 6.45) is 0. The van der Waals surface area contributed by atoms with Crippen molar-refractivity contribution in [2.75, 3.05) is 30.9 Å². The Bertz CT molecular complexity index is 1570. The van der Waals surface area contributed by atoms with E-state index in [0.717, 1.165) is 23.0 Å². The van der Waals surface area contributed by atoms with Crippen LogP contribution in [0, 0.1) is 0 Å². The summed E-state index contributed by atoms with van der Waals surface area (Å²) in [5.74, 6) is -1.00. The first-order valence-corrected chi connectivity index (χ1v) is 14.0. The van der Waals surface area contributed by atoms with Crippen molar-refractivity contribution in [3.05, 3.63) is 64.9 Å². The number of aromatic nitrogens is 1. The van der Waals surface area contributed by atoms with Crippen molar-refractivity contribution in [1.29, 1.82) is 0 Å². The van der Waals surface area contributed by atoms with Crippen LogP contribution in [0.4, 0.5) is 10.8 Å². The molecule has 1 amide bonds. The van der Waals surface area contributed by atoms with Gasteiger partial charge in [0.05, 0.1) is 25.6 Å². The minimum absolute atomic E-state index is 0.0549. The number of anilines is 2. The fourth-order valence-corrected chi connectivity index (χ4v) is 5.99. The summed E-state index contributed by atoms with van der Waals surface area (Å²) in [6.45, 7) is -0.629. The number of carbonyl (C=O) groups excluding carboxylic acids is 2. The zero-order chi connectivity index (χ0) is 27.3. The first-order chi connectivity index (χ1) is 18.2. The molecular formula is C24H21N3O8S3. The molecule has 0 spiro atoms. The SMILES string of the molecule is COc1ccc(-c2csc(NC(=O)COC(=O)c3ccc(NS(=O)(=O)c4cccs4)cc3O)n2)cc1OC. The van der Waals surface area contributed by atoms with Crippen LogP contribution in [0.2, 0.25) is 0 Å². The zero-order valence-electron chi connectivity index (χ0n) is 20.0. The summed E-state index contributed by atoms with van der Waals surface area (Å²) in [5.41, 5.74) is 1.17. The summed E-state index contributed by atoms with van der Waals surface area (Å²) in [7, 11) is -0.761. The van der Waals surface area contributed by atoms with Crippen LogP contribution in [-0.4, -0.2) is 51.2 Å². The molecule has 0 radical (unpaired) electrons. The molecule has 0 bridgehead atoms. The number of phenolic OH excluding ortho intramolecular Hbond substituents is 1. The highest BCUT2D eigenvalue weighted by atomic mass is 32.2. The molecule has 2 aromatic heterocycles. The molecule has 198 valence electrons. The number of hydrogen-bond donors (Lipinski definition) is 3. The summed E-state index contributed by atoms with van der Waals surface area (Å²) >= 11 is 2.22. The lowest BCUT2D eigenvalue weighted by Crippen LogP contribution is -2.21. The number of carbonyl (C=O) groups is 2. The number of aromatic hydroxyl groups is 1. The Labute approximate surface area is 225 Å². The maximum Gasteiger partial charge on any atom is 0.342 e. The summed E-state index contributed by atoms with van der Waals surface area (Å²) < 4.78 is 42.6. The number of nitrogens with zero attached hydrogens (tertiary/aromatic N) is 1. The average Bonchev–Trinajstić information content (AvgIpc) is 3.60. The van der Waals surface area contributed by atoms with Gasteiger partial charge in [-0.1, -0.05) is 6.07 Å². The number of amides is 1. The first kappa shape index (κ1) is 26.9. The van der Waals surface area contributed by atoms with Gasteiger partial charge in [0.15, 0.2) is 23.2 Å². The Morgan fingerprint density at radius 2 is 1.82 bits per heavy atom. The molecule has 2 aromatic carbocycles. The average molecular weight is 576 g/mol. The monoisotopic (exact) mass is 575 g/mol. The number of nitrogens with one attached hydrogen (secondary N) is 2. The maximum absolute atomic E-state index is 12.4. The maximum atomic E-state index is 12.4. The molecule has 4 rings (SSSR count). The van der Waals surface area contributed by atoms with Crippen LogP contribution in [-0.2, 0) is 19.6 Å². The highest BCUT2D eigenvalue weighted by Crippen LogP contribution is 2.33. The van der Waals surface area contributed by atoms with E-state index < -0.39 is 34.3 Å². The van der Waals surface area contributed by atoms with E-state index in [2.05, 4.69) is 15.0 Å². The molecule has 38 heavy (non-hydrogen) atoms. The van der Waals surface area contributed by atoms with E-state index in [-0.39, 0.29) is 15.5 Å². The molecule has 2 heterocycles. The van der Waals surface area contributed by atoms with Crippen LogP contribution in [0.1, 0.15) is 10.4 Å². The van der Waals surface area contributed by atoms with Gasteiger partial charge in [0.1, 0.15) is 15.5 Å². The second-order valence-corrected chi connectivity index (χ2v) is 11.2. The Morgan fingerprint density at radius 3 is 2.50 bits per heavy atom.